The Morgan fingerprint density at radius 3 is 2.38 bits per heavy atom. The lowest BCUT2D eigenvalue weighted by molar-refractivity contribution is -0.141. The number of halogens is 4. The summed E-state index contributed by atoms with van der Waals surface area (Å²) in [5.41, 5.74) is 0.791. The van der Waals surface area contributed by atoms with Crippen molar-refractivity contribution in [3.05, 3.63) is 100 Å². The van der Waals surface area contributed by atoms with Crippen LogP contribution in [0.25, 0.3) is 16.8 Å². The van der Waals surface area contributed by atoms with E-state index in [1.807, 2.05) is 0 Å². The number of hydrogen-bond acceptors (Lipinski definition) is 7. The van der Waals surface area contributed by atoms with E-state index in [9.17, 15) is 22.8 Å². The highest BCUT2D eigenvalue weighted by Gasteiger charge is 2.40. The van der Waals surface area contributed by atoms with Crippen molar-refractivity contribution in [3.63, 3.8) is 0 Å². The molecule has 0 fully saturated rings. The third-order valence-corrected chi connectivity index (χ3v) is 6.87. The zero-order valence-corrected chi connectivity index (χ0v) is 25.7. The highest BCUT2D eigenvalue weighted by molar-refractivity contribution is 6.32. The topological polar surface area (TPSA) is 99.7 Å². The highest BCUT2D eigenvalue weighted by atomic mass is 35.5. The van der Waals surface area contributed by atoms with Gasteiger partial charge < -0.3 is 18.8 Å². The van der Waals surface area contributed by atoms with E-state index in [1.54, 1.807) is 65.1 Å². The van der Waals surface area contributed by atoms with Crippen molar-refractivity contribution in [2.45, 2.75) is 46.1 Å². The van der Waals surface area contributed by atoms with Gasteiger partial charge in [0.25, 0.3) is 5.91 Å². The van der Waals surface area contributed by atoms with E-state index in [0.29, 0.717) is 33.8 Å². The van der Waals surface area contributed by atoms with Gasteiger partial charge in [-0.2, -0.15) is 23.0 Å². The fourth-order valence-corrected chi connectivity index (χ4v) is 4.69. The Labute approximate surface area is 261 Å². The zero-order valence-electron chi connectivity index (χ0n) is 24.9. The number of ether oxygens (including phenoxy) is 2. The first-order valence-corrected chi connectivity index (χ1v) is 14.0. The summed E-state index contributed by atoms with van der Waals surface area (Å²) in [7, 11) is 1.56. The molecule has 5 rings (SSSR count). The lowest BCUT2D eigenvalue weighted by Crippen LogP contribution is -2.26. The van der Waals surface area contributed by atoms with Crippen LogP contribution in [0.2, 0.25) is 5.02 Å². The molecule has 2 aromatic heterocycles. The van der Waals surface area contributed by atoms with Gasteiger partial charge in [0.1, 0.15) is 22.7 Å². The fourth-order valence-electron chi connectivity index (χ4n) is 4.41. The van der Waals surface area contributed by atoms with Crippen molar-refractivity contribution >= 4 is 40.3 Å². The largest absolute Gasteiger partial charge is 0.472 e. The van der Waals surface area contributed by atoms with E-state index in [1.165, 1.54) is 41.3 Å². The number of amides is 1. The van der Waals surface area contributed by atoms with Gasteiger partial charge in [-0.15, -0.1) is 0 Å². The number of anilines is 1. The van der Waals surface area contributed by atoms with Crippen molar-refractivity contribution in [2.24, 2.45) is 0 Å². The summed E-state index contributed by atoms with van der Waals surface area (Å²) in [6, 6.07) is 17.3. The van der Waals surface area contributed by atoms with Crippen molar-refractivity contribution in [1.29, 1.82) is 0 Å². The summed E-state index contributed by atoms with van der Waals surface area (Å²) in [4.78, 5) is 31.4. The number of nitrogens with zero attached hydrogens (tertiary/aromatic N) is 4. The standard InChI is InChI=1S/C32H28ClF3N4O5/c1-18-37-24-14-13-22(16-25(24)44-18)39(5)28(41)21-7-6-8-23(15-21)40-29(26(33)27(38-40)32(34,35)36)43-17-19-9-11-20(12-10-19)30(42)45-31(2,3)4/h6-16H,17H2,1-5H3. The number of benzene rings is 3. The number of aromatic nitrogens is 3. The summed E-state index contributed by atoms with van der Waals surface area (Å²) in [6.07, 6.45) is -4.87. The van der Waals surface area contributed by atoms with Gasteiger partial charge in [-0.3, -0.25) is 4.79 Å². The van der Waals surface area contributed by atoms with Crippen LogP contribution >= 0.6 is 11.6 Å². The molecule has 5 aromatic rings. The average molecular weight is 641 g/mol. The maximum absolute atomic E-state index is 13.8. The molecular formula is C32H28ClF3N4O5. The average Bonchev–Trinajstić information content (AvgIpc) is 3.52. The Kier molecular flexibility index (Phi) is 8.37. The number of fused-ring (bicyclic) bond motifs is 1. The van der Waals surface area contributed by atoms with E-state index in [0.717, 1.165) is 4.68 Å². The minimum Gasteiger partial charge on any atom is -0.472 e. The van der Waals surface area contributed by atoms with Crippen LogP contribution in [-0.4, -0.2) is 39.3 Å². The number of esters is 1. The van der Waals surface area contributed by atoms with Gasteiger partial charge in [-0.05, 0) is 68.8 Å². The molecule has 13 heteroatoms. The van der Waals surface area contributed by atoms with Gasteiger partial charge in [-0.1, -0.05) is 29.8 Å². The lowest BCUT2D eigenvalue weighted by atomic mass is 10.1. The molecule has 9 nitrogen and oxygen atoms in total. The minimum absolute atomic E-state index is 0.114. The van der Waals surface area contributed by atoms with Crippen molar-refractivity contribution in [2.75, 3.05) is 11.9 Å². The molecular weight excluding hydrogens is 613 g/mol. The summed E-state index contributed by atoms with van der Waals surface area (Å²) in [6.45, 7) is 6.77. The number of carbonyl (C=O) groups is 2. The fraction of sp³-hybridized carbons (Fsp3) is 0.250. The molecule has 0 aliphatic rings. The summed E-state index contributed by atoms with van der Waals surface area (Å²) >= 11 is 6.16. The second kappa shape index (κ2) is 11.9. The predicted molar refractivity (Wildman–Crippen MR) is 161 cm³/mol. The molecule has 0 aliphatic carbocycles. The van der Waals surface area contributed by atoms with E-state index < -0.39 is 34.4 Å². The van der Waals surface area contributed by atoms with Gasteiger partial charge in [0.15, 0.2) is 17.2 Å². The number of alkyl halides is 3. The minimum atomic E-state index is -4.87. The third kappa shape index (κ3) is 6.96. The van der Waals surface area contributed by atoms with E-state index in [-0.39, 0.29) is 23.7 Å². The van der Waals surface area contributed by atoms with Crippen molar-refractivity contribution in [1.82, 2.24) is 14.8 Å². The van der Waals surface area contributed by atoms with Crippen LogP contribution in [0.5, 0.6) is 5.88 Å². The van der Waals surface area contributed by atoms with Gasteiger partial charge >= 0.3 is 12.1 Å². The molecule has 0 atom stereocenters. The van der Waals surface area contributed by atoms with Gasteiger partial charge in [-0.25, -0.2) is 9.78 Å². The monoisotopic (exact) mass is 640 g/mol. The smallest absolute Gasteiger partial charge is 0.436 e. The van der Waals surface area contributed by atoms with Gasteiger partial charge in [0.05, 0.1) is 11.3 Å². The van der Waals surface area contributed by atoms with E-state index in [2.05, 4.69) is 10.1 Å². The molecule has 234 valence electrons. The SMILES string of the molecule is Cc1nc2ccc(N(C)C(=O)c3cccc(-n4nc(C(F)(F)F)c(Cl)c4OCc4ccc(C(=O)OC(C)(C)C)cc4)c3)cc2o1. The van der Waals surface area contributed by atoms with Crippen LogP contribution in [-0.2, 0) is 17.5 Å². The molecule has 0 radical (unpaired) electrons. The third-order valence-electron chi connectivity index (χ3n) is 6.53. The van der Waals surface area contributed by atoms with E-state index in [4.69, 9.17) is 25.5 Å². The molecule has 0 bridgehead atoms. The van der Waals surface area contributed by atoms with Gasteiger partial charge in [0, 0.05) is 31.3 Å². The molecule has 0 aliphatic heterocycles. The molecule has 0 N–H and O–H groups in total. The molecule has 0 unspecified atom stereocenters. The maximum Gasteiger partial charge on any atom is 0.436 e. The molecule has 2 heterocycles. The number of rotatable bonds is 7. The Hall–Kier alpha value is -4.84. The molecule has 0 spiro atoms. The molecule has 0 saturated heterocycles. The van der Waals surface area contributed by atoms with Crippen LogP contribution in [0.3, 0.4) is 0 Å². The maximum atomic E-state index is 13.8. The van der Waals surface area contributed by atoms with Crippen LogP contribution < -0.4 is 9.64 Å². The van der Waals surface area contributed by atoms with Crippen molar-refractivity contribution in [3.8, 4) is 11.6 Å². The second-order valence-corrected chi connectivity index (χ2v) is 11.5. The first kappa shape index (κ1) is 31.6. The lowest BCUT2D eigenvalue weighted by Gasteiger charge is -2.19. The van der Waals surface area contributed by atoms with E-state index >= 15 is 0 Å². The number of oxazole rings is 1. The van der Waals surface area contributed by atoms with Gasteiger partial charge in [0.2, 0.25) is 5.88 Å². The summed E-state index contributed by atoms with van der Waals surface area (Å²) in [5, 5.41) is 2.97. The molecule has 0 saturated carbocycles. The quantitative estimate of drug-likeness (QED) is 0.167. The molecule has 1 amide bonds. The second-order valence-electron chi connectivity index (χ2n) is 11.2. The Morgan fingerprint density at radius 2 is 1.71 bits per heavy atom. The number of hydrogen-bond donors (Lipinski definition) is 0. The Bertz CT molecular complexity index is 1890. The Morgan fingerprint density at radius 1 is 1.00 bits per heavy atom. The van der Waals surface area contributed by atoms with Crippen LogP contribution in [0.15, 0.2) is 71.1 Å². The predicted octanol–water partition coefficient (Wildman–Crippen LogP) is 7.81. The van der Waals surface area contributed by atoms with Crippen molar-refractivity contribution < 1.29 is 36.7 Å². The first-order chi connectivity index (χ1) is 21.1. The summed E-state index contributed by atoms with van der Waals surface area (Å²) in [5.74, 6) is -0.839. The number of aryl methyl sites for hydroxylation is 1. The molecule has 45 heavy (non-hydrogen) atoms. The van der Waals surface area contributed by atoms with Crippen LogP contribution in [0.4, 0.5) is 18.9 Å². The Balaban J connectivity index is 1.42. The number of carbonyl (C=O) groups excluding carboxylic acids is 2. The zero-order chi connectivity index (χ0) is 32.7. The van der Waals surface area contributed by atoms with Crippen LogP contribution in [0.1, 0.15) is 58.6 Å². The summed E-state index contributed by atoms with van der Waals surface area (Å²) < 4.78 is 59.1. The first-order valence-electron chi connectivity index (χ1n) is 13.7. The van der Waals surface area contributed by atoms with Crippen LogP contribution in [0, 0.1) is 6.92 Å². The molecule has 3 aromatic carbocycles. The normalized spacial score (nSPS) is 11.9. The highest BCUT2D eigenvalue weighted by Crippen LogP contribution is 2.40.